The summed E-state index contributed by atoms with van der Waals surface area (Å²) in [6, 6.07) is 11.5. The molecule has 0 unspecified atom stereocenters. The minimum absolute atomic E-state index is 0.0580. The van der Waals surface area contributed by atoms with Crippen LogP contribution >= 0.6 is 22.9 Å². The zero-order valence-corrected chi connectivity index (χ0v) is 20.9. The zero-order chi connectivity index (χ0) is 25.5. The number of nitrogens with one attached hydrogen (secondary N) is 2. The Morgan fingerprint density at radius 3 is 2.34 bits per heavy atom. The smallest absolute Gasteiger partial charge is 0.307 e. The van der Waals surface area contributed by atoms with Crippen molar-refractivity contribution in [1.29, 1.82) is 0 Å². The first kappa shape index (κ1) is 24.8. The molecular weight excluding hydrogens is 538 g/mol. The molecule has 0 spiro atoms. The van der Waals surface area contributed by atoms with Crippen LogP contribution in [0.25, 0.3) is 16.6 Å². The molecule has 11 nitrogen and oxygen atoms in total. The van der Waals surface area contributed by atoms with Crippen molar-refractivity contribution < 1.29 is 21.6 Å². The van der Waals surface area contributed by atoms with Crippen molar-refractivity contribution in [1.82, 2.24) is 14.3 Å². The number of carbonyl (C=O) groups is 1. The Balaban J connectivity index is 1.60. The molecule has 0 atom stereocenters. The Morgan fingerprint density at radius 1 is 1.06 bits per heavy atom. The molecule has 15 heteroatoms. The van der Waals surface area contributed by atoms with Crippen molar-refractivity contribution in [3.63, 3.8) is 0 Å². The van der Waals surface area contributed by atoms with Gasteiger partial charge < -0.3 is 5.32 Å². The van der Waals surface area contributed by atoms with Gasteiger partial charge in [-0.2, -0.15) is 0 Å². The summed E-state index contributed by atoms with van der Waals surface area (Å²) < 4.78 is 51.1. The van der Waals surface area contributed by atoms with Gasteiger partial charge in [0.2, 0.25) is 10.0 Å². The van der Waals surface area contributed by atoms with Crippen LogP contribution in [0.3, 0.4) is 0 Å². The average molecular weight is 554 g/mol. The van der Waals surface area contributed by atoms with E-state index in [0.717, 1.165) is 17.4 Å². The number of nitrogens with zero attached hydrogens (tertiary/aromatic N) is 2. The third kappa shape index (κ3) is 5.21. The summed E-state index contributed by atoms with van der Waals surface area (Å²) in [7, 11) is -8.11. The number of primary sulfonamides is 1. The van der Waals surface area contributed by atoms with E-state index in [1.54, 1.807) is 6.92 Å². The van der Waals surface area contributed by atoms with Crippen LogP contribution < -0.4 is 20.7 Å². The third-order valence-electron chi connectivity index (χ3n) is 4.76. The number of fused-ring (bicyclic) bond motifs is 1. The molecular formula is C20H16ClN5O6S3. The first-order valence-electron chi connectivity index (χ1n) is 9.61. The summed E-state index contributed by atoms with van der Waals surface area (Å²) >= 11 is 6.55. The molecule has 4 aromatic rings. The first-order valence-corrected chi connectivity index (χ1v) is 13.8. The number of amides is 2. The molecule has 2 amide bonds. The Kier molecular flexibility index (Phi) is 6.42. The Morgan fingerprint density at radius 2 is 1.74 bits per heavy atom. The molecule has 35 heavy (non-hydrogen) atoms. The predicted octanol–water partition coefficient (Wildman–Crippen LogP) is 2.57. The van der Waals surface area contributed by atoms with Crippen LogP contribution in [0.2, 0.25) is 4.34 Å². The second-order valence-electron chi connectivity index (χ2n) is 7.19. The van der Waals surface area contributed by atoms with Gasteiger partial charge in [-0.05, 0) is 61.5 Å². The molecule has 0 saturated carbocycles. The SMILES string of the molecule is Cc1nc2ccc(S(N)(=O)=O)cc2c(=O)n1-c1ccc(NC(=O)NS(=O)(=O)c2ccc(Cl)s2)cc1. The van der Waals surface area contributed by atoms with Gasteiger partial charge in [0.1, 0.15) is 10.0 Å². The number of carbonyl (C=O) groups excluding carboxylic acids is 1. The van der Waals surface area contributed by atoms with Crippen LogP contribution in [-0.4, -0.2) is 32.4 Å². The van der Waals surface area contributed by atoms with Gasteiger partial charge in [0, 0.05) is 5.69 Å². The van der Waals surface area contributed by atoms with E-state index in [-0.39, 0.29) is 24.5 Å². The highest BCUT2D eigenvalue weighted by Crippen LogP contribution is 2.25. The second-order valence-corrected chi connectivity index (χ2v) is 12.4. The van der Waals surface area contributed by atoms with Gasteiger partial charge in [0.15, 0.2) is 0 Å². The van der Waals surface area contributed by atoms with Crippen LogP contribution in [0.5, 0.6) is 0 Å². The number of thiophene rings is 1. The predicted molar refractivity (Wildman–Crippen MR) is 132 cm³/mol. The Hall–Kier alpha value is -3.30. The minimum atomic E-state index is -4.09. The van der Waals surface area contributed by atoms with E-state index >= 15 is 0 Å². The molecule has 0 fully saturated rings. The number of aryl methyl sites for hydroxylation is 1. The number of sulfonamides is 2. The Bertz CT molecular complexity index is 1750. The van der Waals surface area contributed by atoms with Crippen LogP contribution in [-0.2, 0) is 20.0 Å². The van der Waals surface area contributed by atoms with Crippen molar-refractivity contribution in [2.45, 2.75) is 16.0 Å². The fourth-order valence-corrected chi connectivity index (χ4v) is 6.15. The maximum absolute atomic E-state index is 13.1. The fourth-order valence-electron chi connectivity index (χ4n) is 3.22. The maximum atomic E-state index is 13.1. The van der Waals surface area contributed by atoms with E-state index < -0.39 is 31.6 Å². The van der Waals surface area contributed by atoms with E-state index in [2.05, 4.69) is 10.3 Å². The molecule has 2 aromatic carbocycles. The highest BCUT2D eigenvalue weighted by molar-refractivity contribution is 7.92. The molecule has 0 aliphatic carbocycles. The number of nitrogens with two attached hydrogens (primary N) is 1. The summed E-state index contributed by atoms with van der Waals surface area (Å²) in [6.07, 6.45) is 0. The lowest BCUT2D eigenvalue weighted by molar-refractivity contribution is 0.256. The van der Waals surface area contributed by atoms with Crippen molar-refractivity contribution in [3.05, 3.63) is 75.1 Å². The largest absolute Gasteiger partial charge is 0.333 e. The highest BCUT2D eigenvalue weighted by Gasteiger charge is 2.20. The summed E-state index contributed by atoms with van der Waals surface area (Å²) in [4.78, 5) is 29.4. The van der Waals surface area contributed by atoms with Crippen molar-refractivity contribution in [2.24, 2.45) is 5.14 Å². The molecule has 2 aromatic heterocycles. The van der Waals surface area contributed by atoms with Gasteiger partial charge in [0.25, 0.3) is 15.6 Å². The molecule has 4 N–H and O–H groups in total. The highest BCUT2D eigenvalue weighted by atomic mass is 35.5. The van der Waals surface area contributed by atoms with E-state index in [9.17, 15) is 26.4 Å². The monoisotopic (exact) mass is 553 g/mol. The van der Waals surface area contributed by atoms with Crippen LogP contribution in [0.1, 0.15) is 5.82 Å². The molecule has 0 bridgehead atoms. The molecule has 182 valence electrons. The molecule has 0 aliphatic rings. The van der Waals surface area contributed by atoms with E-state index in [4.69, 9.17) is 16.7 Å². The lowest BCUT2D eigenvalue weighted by Gasteiger charge is -2.12. The summed E-state index contributed by atoms with van der Waals surface area (Å²) in [6.45, 7) is 1.61. The van der Waals surface area contributed by atoms with E-state index in [0.29, 0.717) is 17.0 Å². The van der Waals surface area contributed by atoms with Gasteiger partial charge >= 0.3 is 6.03 Å². The van der Waals surface area contributed by atoms with Gasteiger partial charge in [0.05, 0.1) is 25.8 Å². The summed E-state index contributed by atoms with van der Waals surface area (Å²) in [5.41, 5.74) is 0.424. The number of hydrogen-bond acceptors (Lipinski definition) is 8. The number of anilines is 1. The van der Waals surface area contributed by atoms with Crippen LogP contribution in [0.15, 0.2) is 68.5 Å². The number of urea groups is 1. The van der Waals surface area contributed by atoms with E-state index in [1.165, 1.54) is 53.1 Å². The van der Waals surface area contributed by atoms with Crippen molar-refractivity contribution in [3.8, 4) is 5.69 Å². The quantitative estimate of drug-likeness (QED) is 0.341. The van der Waals surface area contributed by atoms with Gasteiger partial charge in [-0.1, -0.05) is 11.6 Å². The number of rotatable bonds is 5. The van der Waals surface area contributed by atoms with Crippen LogP contribution in [0, 0.1) is 6.92 Å². The number of benzene rings is 2. The zero-order valence-electron chi connectivity index (χ0n) is 17.7. The number of halogens is 1. The lowest BCUT2D eigenvalue weighted by Crippen LogP contribution is -2.33. The van der Waals surface area contributed by atoms with Gasteiger partial charge in [-0.15, -0.1) is 11.3 Å². The lowest BCUT2D eigenvalue weighted by atomic mass is 10.2. The number of aromatic nitrogens is 2. The van der Waals surface area contributed by atoms with Crippen molar-refractivity contribution >= 4 is 65.6 Å². The minimum Gasteiger partial charge on any atom is -0.307 e. The van der Waals surface area contributed by atoms with Crippen LogP contribution in [0.4, 0.5) is 10.5 Å². The maximum Gasteiger partial charge on any atom is 0.333 e. The molecule has 0 radical (unpaired) electrons. The molecule has 4 rings (SSSR count). The fraction of sp³-hybridized carbons (Fsp3) is 0.0500. The summed E-state index contributed by atoms with van der Waals surface area (Å²) in [5, 5.41) is 7.62. The van der Waals surface area contributed by atoms with Gasteiger partial charge in [-0.3, -0.25) is 9.36 Å². The molecule has 0 aliphatic heterocycles. The normalized spacial score (nSPS) is 12.0. The number of hydrogen-bond donors (Lipinski definition) is 3. The average Bonchev–Trinajstić information content (AvgIpc) is 3.21. The molecule has 0 saturated heterocycles. The summed E-state index contributed by atoms with van der Waals surface area (Å²) in [5.74, 6) is 0.338. The standard InChI is InChI=1S/C20H16ClN5O6S3/c1-11-23-16-7-6-14(34(22,29)30)10-15(16)19(27)26(11)13-4-2-12(3-5-13)24-20(28)25-35(31,32)18-9-8-17(21)33-18/h2-10H,1H3,(H2,22,29,30)(H2,24,25,28). The van der Waals surface area contributed by atoms with E-state index in [1.807, 2.05) is 4.72 Å². The van der Waals surface area contributed by atoms with Crippen molar-refractivity contribution in [2.75, 3.05) is 5.32 Å². The Labute approximate surface area is 208 Å². The second kappa shape index (κ2) is 9.05. The van der Waals surface area contributed by atoms with Gasteiger partial charge in [-0.25, -0.2) is 36.5 Å². The topological polar surface area (TPSA) is 170 Å². The molecule has 2 heterocycles. The third-order valence-corrected chi connectivity index (χ3v) is 8.72. The first-order chi connectivity index (χ1) is 16.3.